The van der Waals surface area contributed by atoms with Gasteiger partial charge in [-0.25, -0.2) is 0 Å². The van der Waals surface area contributed by atoms with Crippen LogP contribution in [0.15, 0.2) is 18.2 Å². The lowest BCUT2D eigenvalue weighted by molar-refractivity contribution is 0.181. The molecule has 3 nitrogen and oxygen atoms in total. The van der Waals surface area contributed by atoms with E-state index in [1.54, 1.807) is 0 Å². The number of hydrogen-bond donors (Lipinski definition) is 2. The van der Waals surface area contributed by atoms with Crippen LogP contribution in [0.25, 0.3) is 0 Å². The summed E-state index contributed by atoms with van der Waals surface area (Å²) in [6.45, 7) is 4.99. The second-order valence-corrected chi connectivity index (χ2v) is 5.81. The first-order valence-corrected chi connectivity index (χ1v) is 6.64. The number of aliphatic hydroxyl groups is 1. The van der Waals surface area contributed by atoms with Crippen LogP contribution in [0.1, 0.15) is 24.0 Å². The fourth-order valence-corrected chi connectivity index (χ4v) is 2.73. The quantitative estimate of drug-likeness (QED) is 0.836. The van der Waals surface area contributed by atoms with Crippen molar-refractivity contribution >= 4 is 5.69 Å². The largest absolute Gasteiger partial charge is 0.394 e. The molecule has 2 rings (SSSR count). The van der Waals surface area contributed by atoms with Crippen molar-refractivity contribution < 1.29 is 5.11 Å². The Morgan fingerprint density at radius 1 is 1.39 bits per heavy atom. The second kappa shape index (κ2) is 4.90. The first-order chi connectivity index (χ1) is 8.46. The summed E-state index contributed by atoms with van der Waals surface area (Å²) in [5.41, 5.74) is 9.60. The maximum absolute atomic E-state index is 9.55. The molecule has 1 aliphatic rings. The zero-order chi connectivity index (χ0) is 13.3. The topological polar surface area (TPSA) is 49.5 Å². The van der Waals surface area contributed by atoms with Crippen LogP contribution in [0.5, 0.6) is 0 Å². The molecule has 0 bridgehead atoms. The van der Waals surface area contributed by atoms with Crippen LogP contribution in [-0.4, -0.2) is 30.8 Å². The smallest absolute Gasteiger partial charge is 0.0631 e. The molecule has 0 aromatic heterocycles. The van der Waals surface area contributed by atoms with E-state index in [1.807, 2.05) is 0 Å². The van der Waals surface area contributed by atoms with Gasteiger partial charge in [0.05, 0.1) is 12.1 Å². The highest BCUT2D eigenvalue weighted by atomic mass is 16.3. The molecule has 1 fully saturated rings. The van der Waals surface area contributed by atoms with Gasteiger partial charge >= 0.3 is 0 Å². The van der Waals surface area contributed by atoms with Crippen LogP contribution in [-0.2, 0) is 0 Å². The van der Waals surface area contributed by atoms with Crippen LogP contribution in [0.2, 0.25) is 0 Å². The van der Waals surface area contributed by atoms with Gasteiger partial charge in [-0.05, 0) is 44.2 Å². The Morgan fingerprint density at radius 3 is 2.56 bits per heavy atom. The van der Waals surface area contributed by atoms with Crippen LogP contribution in [0, 0.1) is 19.8 Å². The van der Waals surface area contributed by atoms with Gasteiger partial charge < -0.3 is 15.7 Å². The zero-order valence-corrected chi connectivity index (χ0v) is 11.6. The lowest BCUT2D eigenvalue weighted by Crippen LogP contribution is -2.54. The Kier molecular flexibility index (Phi) is 3.64. The van der Waals surface area contributed by atoms with E-state index in [4.69, 9.17) is 5.73 Å². The highest BCUT2D eigenvalue weighted by Crippen LogP contribution is 2.39. The molecule has 1 aromatic carbocycles. The Labute approximate surface area is 110 Å². The summed E-state index contributed by atoms with van der Waals surface area (Å²) in [6.07, 6.45) is 2.30. The average Bonchev–Trinajstić information content (AvgIpc) is 3.12. The minimum absolute atomic E-state index is 0.0624. The van der Waals surface area contributed by atoms with Gasteiger partial charge in [0.1, 0.15) is 0 Å². The van der Waals surface area contributed by atoms with Crippen molar-refractivity contribution in [2.24, 2.45) is 11.7 Å². The summed E-state index contributed by atoms with van der Waals surface area (Å²) in [5.74, 6) is 0.482. The molecule has 0 heterocycles. The molecule has 100 valence electrons. The summed E-state index contributed by atoms with van der Waals surface area (Å²) in [5, 5.41) is 9.55. The molecule has 1 atom stereocenters. The van der Waals surface area contributed by atoms with Gasteiger partial charge in [0.15, 0.2) is 0 Å². The standard InChI is InChI=1S/C15H24N2O/c1-11-4-7-14(12(2)8-11)17(3)9-15(16,10-18)13-5-6-13/h4,7-8,13,18H,5-6,9-10,16H2,1-3H3. The highest BCUT2D eigenvalue weighted by Gasteiger charge is 2.42. The number of aliphatic hydroxyl groups excluding tert-OH is 1. The first-order valence-electron chi connectivity index (χ1n) is 6.64. The molecular formula is C15H24N2O. The van der Waals surface area contributed by atoms with Gasteiger partial charge in [-0.2, -0.15) is 0 Å². The van der Waals surface area contributed by atoms with Crippen molar-refractivity contribution in [3.63, 3.8) is 0 Å². The number of benzene rings is 1. The first kappa shape index (κ1) is 13.4. The van der Waals surface area contributed by atoms with Crippen molar-refractivity contribution in [2.45, 2.75) is 32.2 Å². The number of likely N-dealkylation sites (N-methyl/N-ethyl adjacent to an activating group) is 1. The Morgan fingerprint density at radius 2 is 2.06 bits per heavy atom. The molecule has 18 heavy (non-hydrogen) atoms. The normalized spacial score (nSPS) is 18.5. The molecule has 1 aliphatic carbocycles. The lowest BCUT2D eigenvalue weighted by atomic mass is 9.94. The van der Waals surface area contributed by atoms with E-state index in [2.05, 4.69) is 44.0 Å². The van der Waals surface area contributed by atoms with Crippen LogP contribution in [0.4, 0.5) is 5.69 Å². The molecule has 0 saturated heterocycles. The molecule has 3 N–H and O–H groups in total. The van der Waals surface area contributed by atoms with E-state index in [-0.39, 0.29) is 6.61 Å². The molecule has 0 aliphatic heterocycles. The summed E-state index contributed by atoms with van der Waals surface area (Å²) in [4.78, 5) is 2.17. The molecule has 0 radical (unpaired) electrons. The van der Waals surface area contributed by atoms with E-state index in [1.165, 1.54) is 16.8 Å². The number of aryl methyl sites for hydroxylation is 2. The fraction of sp³-hybridized carbons (Fsp3) is 0.600. The van der Waals surface area contributed by atoms with Gasteiger partial charge in [0, 0.05) is 19.3 Å². The Hall–Kier alpha value is -1.06. The van der Waals surface area contributed by atoms with Crippen molar-refractivity contribution in [3.8, 4) is 0 Å². The average molecular weight is 248 g/mol. The van der Waals surface area contributed by atoms with Gasteiger partial charge in [0.25, 0.3) is 0 Å². The third-order valence-electron chi connectivity index (χ3n) is 3.98. The van der Waals surface area contributed by atoms with Gasteiger partial charge in [-0.15, -0.1) is 0 Å². The summed E-state index contributed by atoms with van der Waals surface area (Å²) in [7, 11) is 2.05. The van der Waals surface area contributed by atoms with E-state index >= 15 is 0 Å². The summed E-state index contributed by atoms with van der Waals surface area (Å²) in [6, 6.07) is 6.43. The number of nitrogens with two attached hydrogens (primary N) is 1. The van der Waals surface area contributed by atoms with E-state index in [0.717, 1.165) is 12.8 Å². The van der Waals surface area contributed by atoms with Crippen LogP contribution in [0.3, 0.4) is 0 Å². The predicted molar refractivity (Wildman–Crippen MR) is 75.9 cm³/mol. The van der Waals surface area contributed by atoms with Gasteiger partial charge in [0.2, 0.25) is 0 Å². The van der Waals surface area contributed by atoms with Crippen molar-refractivity contribution in [3.05, 3.63) is 29.3 Å². The SMILES string of the molecule is Cc1ccc(N(C)CC(N)(CO)C2CC2)c(C)c1. The van der Waals surface area contributed by atoms with Gasteiger partial charge in [-0.1, -0.05) is 17.7 Å². The van der Waals surface area contributed by atoms with Crippen molar-refractivity contribution in [1.82, 2.24) is 0 Å². The van der Waals surface area contributed by atoms with Crippen LogP contribution < -0.4 is 10.6 Å². The number of rotatable bonds is 5. The Bertz CT molecular complexity index is 429. The monoisotopic (exact) mass is 248 g/mol. The maximum Gasteiger partial charge on any atom is 0.0631 e. The number of hydrogen-bond acceptors (Lipinski definition) is 3. The summed E-state index contributed by atoms with van der Waals surface area (Å²) < 4.78 is 0. The predicted octanol–water partition coefficient (Wildman–Crippen LogP) is 1.84. The molecule has 0 amide bonds. The minimum Gasteiger partial charge on any atom is -0.394 e. The second-order valence-electron chi connectivity index (χ2n) is 5.81. The van der Waals surface area contributed by atoms with E-state index in [9.17, 15) is 5.11 Å². The molecular weight excluding hydrogens is 224 g/mol. The molecule has 1 unspecified atom stereocenters. The fourth-order valence-electron chi connectivity index (χ4n) is 2.73. The minimum atomic E-state index is -0.452. The third-order valence-corrected chi connectivity index (χ3v) is 3.98. The van der Waals surface area contributed by atoms with E-state index < -0.39 is 5.54 Å². The molecule has 3 heteroatoms. The Balaban J connectivity index is 2.13. The van der Waals surface area contributed by atoms with Crippen molar-refractivity contribution in [1.29, 1.82) is 0 Å². The van der Waals surface area contributed by atoms with Crippen molar-refractivity contribution in [2.75, 3.05) is 25.1 Å². The van der Waals surface area contributed by atoms with Gasteiger partial charge in [-0.3, -0.25) is 0 Å². The summed E-state index contributed by atoms with van der Waals surface area (Å²) >= 11 is 0. The number of anilines is 1. The number of nitrogens with zero attached hydrogens (tertiary/aromatic N) is 1. The van der Waals surface area contributed by atoms with Crippen LogP contribution >= 0.6 is 0 Å². The maximum atomic E-state index is 9.55. The van der Waals surface area contributed by atoms with E-state index in [0.29, 0.717) is 12.5 Å². The molecule has 1 aromatic rings. The molecule has 1 saturated carbocycles. The molecule has 0 spiro atoms. The lowest BCUT2D eigenvalue weighted by Gasteiger charge is -2.34. The zero-order valence-electron chi connectivity index (χ0n) is 11.6. The third kappa shape index (κ3) is 2.68. The highest BCUT2D eigenvalue weighted by molar-refractivity contribution is 5.54.